The van der Waals surface area contributed by atoms with Crippen molar-refractivity contribution in [2.24, 2.45) is 0 Å². The minimum atomic E-state index is -0.933. The van der Waals surface area contributed by atoms with Crippen LogP contribution < -0.4 is 4.74 Å². The SMILES string of the molecule is CCCCCOc1ccc(-c2cc(-c3ccc(C(=O)O)c(C)c3)no2)cc1. The number of nitrogens with zero attached hydrogens (tertiary/aromatic N) is 1. The van der Waals surface area contributed by atoms with E-state index in [1.807, 2.05) is 30.3 Å². The molecule has 5 nitrogen and oxygen atoms in total. The highest BCUT2D eigenvalue weighted by atomic mass is 16.5. The summed E-state index contributed by atoms with van der Waals surface area (Å²) in [5, 5.41) is 13.3. The number of benzene rings is 2. The number of carbonyl (C=O) groups is 1. The van der Waals surface area contributed by atoms with E-state index >= 15 is 0 Å². The van der Waals surface area contributed by atoms with Crippen molar-refractivity contribution in [2.45, 2.75) is 33.1 Å². The van der Waals surface area contributed by atoms with Gasteiger partial charge in [0.15, 0.2) is 5.76 Å². The molecule has 0 atom stereocenters. The third kappa shape index (κ3) is 4.56. The van der Waals surface area contributed by atoms with Gasteiger partial charge in [0.2, 0.25) is 0 Å². The average molecular weight is 365 g/mol. The Bertz CT molecular complexity index is 912. The summed E-state index contributed by atoms with van der Waals surface area (Å²) in [4.78, 5) is 11.1. The Morgan fingerprint density at radius 2 is 1.81 bits per heavy atom. The monoisotopic (exact) mass is 365 g/mol. The first-order valence-electron chi connectivity index (χ1n) is 9.12. The molecule has 0 fully saturated rings. The van der Waals surface area contributed by atoms with Crippen LogP contribution >= 0.6 is 0 Å². The van der Waals surface area contributed by atoms with Crippen molar-refractivity contribution >= 4 is 5.97 Å². The smallest absolute Gasteiger partial charge is 0.335 e. The summed E-state index contributed by atoms with van der Waals surface area (Å²) in [5.74, 6) is 0.564. The van der Waals surface area contributed by atoms with Crippen LogP contribution in [0.25, 0.3) is 22.6 Å². The lowest BCUT2D eigenvalue weighted by molar-refractivity contribution is 0.0696. The van der Waals surface area contributed by atoms with Crippen molar-refractivity contribution in [3.8, 4) is 28.3 Å². The molecule has 5 heteroatoms. The summed E-state index contributed by atoms with van der Waals surface area (Å²) in [5.41, 5.74) is 3.38. The Morgan fingerprint density at radius 1 is 1.07 bits per heavy atom. The van der Waals surface area contributed by atoms with E-state index < -0.39 is 5.97 Å². The predicted octanol–water partition coefficient (Wildman–Crippen LogP) is 5.58. The number of rotatable bonds is 8. The molecule has 2 aromatic carbocycles. The normalized spacial score (nSPS) is 10.7. The Labute approximate surface area is 158 Å². The zero-order valence-electron chi connectivity index (χ0n) is 15.6. The van der Waals surface area contributed by atoms with Crippen LogP contribution in [-0.4, -0.2) is 22.8 Å². The quantitative estimate of drug-likeness (QED) is 0.527. The van der Waals surface area contributed by atoms with Gasteiger partial charge in [-0.1, -0.05) is 31.0 Å². The number of carboxylic acids is 1. The molecule has 140 valence electrons. The molecule has 1 heterocycles. The summed E-state index contributed by atoms with van der Waals surface area (Å²) in [6, 6.07) is 14.7. The highest BCUT2D eigenvalue weighted by Crippen LogP contribution is 2.28. The summed E-state index contributed by atoms with van der Waals surface area (Å²) in [7, 11) is 0. The molecule has 0 bridgehead atoms. The van der Waals surface area contributed by atoms with Crippen LogP contribution in [0.4, 0.5) is 0 Å². The molecule has 0 aliphatic heterocycles. The first kappa shape index (κ1) is 18.7. The van der Waals surface area contributed by atoms with Crippen LogP contribution in [0.3, 0.4) is 0 Å². The van der Waals surface area contributed by atoms with Crippen LogP contribution in [0, 0.1) is 6.92 Å². The van der Waals surface area contributed by atoms with Crippen molar-refractivity contribution in [3.63, 3.8) is 0 Å². The first-order chi connectivity index (χ1) is 13.1. The van der Waals surface area contributed by atoms with E-state index in [0.717, 1.165) is 29.9 Å². The molecular weight excluding hydrogens is 342 g/mol. The second kappa shape index (κ2) is 8.54. The van der Waals surface area contributed by atoms with Crippen LogP contribution in [0.5, 0.6) is 5.75 Å². The molecule has 27 heavy (non-hydrogen) atoms. The largest absolute Gasteiger partial charge is 0.494 e. The van der Waals surface area contributed by atoms with E-state index in [9.17, 15) is 4.79 Å². The zero-order chi connectivity index (χ0) is 19.2. The van der Waals surface area contributed by atoms with Crippen LogP contribution in [-0.2, 0) is 0 Å². The lowest BCUT2D eigenvalue weighted by Gasteiger charge is -2.05. The number of carboxylic acid groups (broad SMARTS) is 1. The van der Waals surface area contributed by atoms with Gasteiger partial charge in [-0.25, -0.2) is 4.79 Å². The zero-order valence-corrected chi connectivity index (χ0v) is 15.6. The molecule has 3 rings (SSSR count). The fraction of sp³-hybridized carbons (Fsp3) is 0.273. The van der Waals surface area contributed by atoms with Crippen LogP contribution in [0.1, 0.15) is 42.1 Å². The summed E-state index contributed by atoms with van der Waals surface area (Å²) >= 11 is 0. The highest BCUT2D eigenvalue weighted by molar-refractivity contribution is 5.90. The van der Waals surface area contributed by atoms with Gasteiger partial charge in [0.05, 0.1) is 12.2 Å². The second-order valence-electron chi connectivity index (χ2n) is 6.49. The molecule has 0 radical (unpaired) electrons. The van der Waals surface area contributed by atoms with Crippen molar-refractivity contribution in [1.29, 1.82) is 0 Å². The lowest BCUT2D eigenvalue weighted by atomic mass is 10.0. The maximum absolute atomic E-state index is 11.1. The maximum Gasteiger partial charge on any atom is 0.335 e. The minimum absolute atomic E-state index is 0.289. The fourth-order valence-corrected chi connectivity index (χ4v) is 2.87. The molecule has 1 aromatic heterocycles. The third-order valence-corrected chi connectivity index (χ3v) is 4.42. The van der Waals surface area contributed by atoms with Crippen molar-refractivity contribution in [1.82, 2.24) is 5.16 Å². The minimum Gasteiger partial charge on any atom is -0.494 e. The van der Waals surface area contributed by atoms with Crippen molar-refractivity contribution in [3.05, 3.63) is 59.7 Å². The molecule has 0 saturated heterocycles. The van der Waals surface area contributed by atoms with Gasteiger partial charge >= 0.3 is 5.97 Å². The Hall–Kier alpha value is -3.08. The van der Waals surface area contributed by atoms with E-state index in [1.165, 1.54) is 12.8 Å². The highest BCUT2D eigenvalue weighted by Gasteiger charge is 2.12. The van der Waals surface area contributed by atoms with Gasteiger partial charge in [0.25, 0.3) is 0 Å². The van der Waals surface area contributed by atoms with Gasteiger partial charge in [-0.3, -0.25) is 0 Å². The van der Waals surface area contributed by atoms with E-state index in [1.54, 1.807) is 25.1 Å². The number of aryl methyl sites for hydroxylation is 1. The topological polar surface area (TPSA) is 72.6 Å². The Balaban J connectivity index is 1.72. The van der Waals surface area contributed by atoms with Crippen molar-refractivity contribution in [2.75, 3.05) is 6.61 Å². The average Bonchev–Trinajstić information content (AvgIpc) is 3.15. The van der Waals surface area contributed by atoms with E-state index in [4.69, 9.17) is 14.4 Å². The van der Waals surface area contributed by atoms with Crippen molar-refractivity contribution < 1.29 is 19.2 Å². The summed E-state index contributed by atoms with van der Waals surface area (Å²) in [6.07, 6.45) is 3.41. The Morgan fingerprint density at radius 3 is 2.48 bits per heavy atom. The number of hydrogen-bond acceptors (Lipinski definition) is 4. The standard InChI is InChI=1S/C22H23NO4/c1-3-4-5-12-26-18-9-6-16(7-10-18)21-14-20(23-27-21)17-8-11-19(22(24)25)15(2)13-17/h6-11,13-14H,3-5,12H2,1-2H3,(H,24,25). The number of ether oxygens (including phenoxy) is 1. The lowest BCUT2D eigenvalue weighted by Crippen LogP contribution is -1.99. The molecule has 1 N–H and O–H groups in total. The number of unbranched alkanes of at least 4 members (excludes halogenated alkanes) is 2. The number of aromatic nitrogens is 1. The number of aromatic carboxylic acids is 1. The van der Waals surface area contributed by atoms with Gasteiger partial charge in [-0.05, 0) is 55.3 Å². The molecule has 0 aliphatic rings. The third-order valence-electron chi connectivity index (χ3n) is 4.42. The summed E-state index contributed by atoms with van der Waals surface area (Å²) < 4.78 is 11.2. The molecular formula is C22H23NO4. The molecule has 0 spiro atoms. The van der Waals surface area contributed by atoms with E-state index in [0.29, 0.717) is 17.0 Å². The first-order valence-corrected chi connectivity index (χ1v) is 9.12. The van der Waals surface area contributed by atoms with Gasteiger partial charge in [-0.2, -0.15) is 0 Å². The van der Waals surface area contributed by atoms with Gasteiger partial charge < -0.3 is 14.4 Å². The van der Waals surface area contributed by atoms with Gasteiger partial charge in [0, 0.05) is 17.2 Å². The summed E-state index contributed by atoms with van der Waals surface area (Å²) in [6.45, 7) is 4.67. The molecule has 0 amide bonds. The van der Waals surface area contributed by atoms with Crippen LogP contribution in [0.2, 0.25) is 0 Å². The van der Waals surface area contributed by atoms with Gasteiger partial charge in [0.1, 0.15) is 11.4 Å². The van der Waals surface area contributed by atoms with Crippen LogP contribution in [0.15, 0.2) is 53.1 Å². The fourth-order valence-electron chi connectivity index (χ4n) is 2.87. The molecule has 0 aliphatic carbocycles. The van der Waals surface area contributed by atoms with E-state index in [2.05, 4.69) is 12.1 Å². The Kier molecular flexibility index (Phi) is 5.91. The second-order valence-corrected chi connectivity index (χ2v) is 6.49. The molecule has 0 saturated carbocycles. The maximum atomic E-state index is 11.1. The van der Waals surface area contributed by atoms with Gasteiger partial charge in [-0.15, -0.1) is 0 Å². The molecule has 3 aromatic rings. The molecule has 0 unspecified atom stereocenters. The number of hydrogen-bond donors (Lipinski definition) is 1. The predicted molar refractivity (Wildman–Crippen MR) is 104 cm³/mol. The van der Waals surface area contributed by atoms with E-state index in [-0.39, 0.29) is 5.56 Å².